The van der Waals surface area contributed by atoms with E-state index >= 15 is 0 Å². The number of hydrogen-bond acceptors (Lipinski definition) is 5. The van der Waals surface area contributed by atoms with Crippen molar-refractivity contribution in [3.63, 3.8) is 0 Å². The van der Waals surface area contributed by atoms with Crippen molar-refractivity contribution in [2.45, 2.75) is 13.0 Å². The molecular weight excluding hydrogens is 254 g/mol. The predicted octanol–water partition coefficient (Wildman–Crippen LogP) is 1.28. The lowest BCUT2D eigenvalue weighted by Crippen LogP contribution is -2.42. The third kappa shape index (κ3) is 3.02. The first-order chi connectivity index (χ1) is 9.70. The number of aromatic amines is 1. The molecule has 1 aliphatic rings. The summed E-state index contributed by atoms with van der Waals surface area (Å²) in [6.07, 6.45) is 0. The highest BCUT2D eigenvalue weighted by atomic mass is 16.5. The molecule has 0 bridgehead atoms. The highest BCUT2D eigenvalue weighted by Crippen LogP contribution is 2.17. The van der Waals surface area contributed by atoms with E-state index in [1.54, 1.807) is 0 Å². The maximum atomic E-state index is 5.77. The molecule has 108 valence electrons. The minimum absolute atomic E-state index is 0.325. The summed E-state index contributed by atoms with van der Waals surface area (Å²) in [6, 6.07) is 6.02. The lowest BCUT2D eigenvalue weighted by atomic mass is 10.3. The molecule has 0 saturated carbocycles. The van der Waals surface area contributed by atoms with Crippen LogP contribution in [0.15, 0.2) is 18.2 Å². The van der Waals surface area contributed by atoms with E-state index in [1.165, 1.54) is 0 Å². The van der Waals surface area contributed by atoms with E-state index in [-0.39, 0.29) is 0 Å². The number of anilines is 2. The van der Waals surface area contributed by atoms with Gasteiger partial charge in [-0.15, -0.1) is 0 Å². The number of fused-ring (bicyclic) bond motifs is 1. The number of rotatable bonds is 4. The number of hydrogen-bond donors (Lipinski definition) is 3. The second kappa shape index (κ2) is 5.68. The summed E-state index contributed by atoms with van der Waals surface area (Å²) in [5.41, 5.74) is 8.41. The molecule has 1 saturated heterocycles. The molecule has 0 amide bonds. The molecule has 0 radical (unpaired) electrons. The van der Waals surface area contributed by atoms with Gasteiger partial charge in [-0.3, -0.25) is 4.90 Å². The van der Waals surface area contributed by atoms with Gasteiger partial charge in [0.15, 0.2) is 0 Å². The van der Waals surface area contributed by atoms with E-state index in [0.29, 0.717) is 6.04 Å². The number of nitrogens with zero attached hydrogens (tertiary/aromatic N) is 2. The fourth-order valence-corrected chi connectivity index (χ4v) is 2.55. The highest BCUT2D eigenvalue weighted by Gasteiger charge is 2.14. The Bertz CT molecular complexity index is 576. The number of benzene rings is 1. The van der Waals surface area contributed by atoms with Gasteiger partial charge in [0, 0.05) is 31.4 Å². The predicted molar refractivity (Wildman–Crippen MR) is 80.8 cm³/mol. The summed E-state index contributed by atoms with van der Waals surface area (Å²) < 4.78 is 5.36. The van der Waals surface area contributed by atoms with Crippen LogP contribution in [0.5, 0.6) is 0 Å². The smallest absolute Gasteiger partial charge is 0.201 e. The van der Waals surface area contributed by atoms with Crippen LogP contribution in [0.2, 0.25) is 0 Å². The van der Waals surface area contributed by atoms with Crippen molar-refractivity contribution in [1.29, 1.82) is 0 Å². The van der Waals surface area contributed by atoms with Crippen LogP contribution in [-0.4, -0.2) is 53.8 Å². The molecule has 6 nitrogen and oxygen atoms in total. The molecular formula is C14H21N5O. The molecule has 2 heterocycles. The van der Waals surface area contributed by atoms with E-state index in [0.717, 1.165) is 55.5 Å². The summed E-state index contributed by atoms with van der Waals surface area (Å²) >= 11 is 0. The average molecular weight is 275 g/mol. The molecule has 1 aliphatic heterocycles. The van der Waals surface area contributed by atoms with Crippen molar-refractivity contribution in [1.82, 2.24) is 14.9 Å². The van der Waals surface area contributed by atoms with E-state index in [1.807, 2.05) is 18.2 Å². The maximum absolute atomic E-state index is 5.77. The van der Waals surface area contributed by atoms with Gasteiger partial charge in [0.05, 0.1) is 24.2 Å². The zero-order valence-electron chi connectivity index (χ0n) is 11.7. The fourth-order valence-electron chi connectivity index (χ4n) is 2.55. The van der Waals surface area contributed by atoms with Gasteiger partial charge in [0.2, 0.25) is 5.95 Å². The van der Waals surface area contributed by atoms with Crippen molar-refractivity contribution < 1.29 is 4.74 Å². The Hall–Kier alpha value is -1.79. The first kappa shape index (κ1) is 13.2. The van der Waals surface area contributed by atoms with Gasteiger partial charge in [-0.1, -0.05) is 0 Å². The molecule has 1 aromatic carbocycles. The minimum Gasteiger partial charge on any atom is -0.399 e. The number of aromatic nitrogens is 2. The molecule has 3 rings (SSSR count). The number of ether oxygens (including phenoxy) is 1. The first-order valence-electron chi connectivity index (χ1n) is 7.02. The fraction of sp³-hybridized carbons (Fsp3) is 0.500. The number of morpholine rings is 1. The summed E-state index contributed by atoms with van der Waals surface area (Å²) in [5.74, 6) is 0.798. The molecule has 1 unspecified atom stereocenters. The third-order valence-corrected chi connectivity index (χ3v) is 3.52. The third-order valence-electron chi connectivity index (χ3n) is 3.52. The van der Waals surface area contributed by atoms with Gasteiger partial charge < -0.3 is 20.8 Å². The van der Waals surface area contributed by atoms with Crippen LogP contribution in [0.3, 0.4) is 0 Å². The van der Waals surface area contributed by atoms with Gasteiger partial charge in [0.1, 0.15) is 0 Å². The topological polar surface area (TPSA) is 79.2 Å². The van der Waals surface area contributed by atoms with Crippen LogP contribution in [0.25, 0.3) is 11.0 Å². The monoisotopic (exact) mass is 275 g/mol. The normalized spacial score (nSPS) is 18.2. The van der Waals surface area contributed by atoms with E-state index in [9.17, 15) is 0 Å². The van der Waals surface area contributed by atoms with Crippen molar-refractivity contribution in [2.24, 2.45) is 0 Å². The molecule has 4 N–H and O–H groups in total. The second-order valence-electron chi connectivity index (χ2n) is 5.32. The summed E-state index contributed by atoms with van der Waals surface area (Å²) in [6.45, 7) is 6.82. The van der Waals surface area contributed by atoms with Gasteiger partial charge in [0.25, 0.3) is 0 Å². The lowest BCUT2D eigenvalue weighted by Gasteiger charge is -2.29. The highest BCUT2D eigenvalue weighted by molar-refractivity contribution is 5.80. The van der Waals surface area contributed by atoms with Crippen molar-refractivity contribution in [3.8, 4) is 0 Å². The number of nitrogens with one attached hydrogen (secondary N) is 2. The Morgan fingerprint density at radius 2 is 2.25 bits per heavy atom. The Morgan fingerprint density at radius 3 is 3.05 bits per heavy atom. The molecule has 1 aromatic heterocycles. The lowest BCUT2D eigenvalue weighted by molar-refractivity contribution is 0.0368. The summed E-state index contributed by atoms with van der Waals surface area (Å²) in [7, 11) is 0. The van der Waals surface area contributed by atoms with Gasteiger partial charge in [-0.25, -0.2) is 4.98 Å². The van der Waals surface area contributed by atoms with Crippen LogP contribution < -0.4 is 11.1 Å². The van der Waals surface area contributed by atoms with Crippen LogP contribution in [0.4, 0.5) is 11.6 Å². The quantitative estimate of drug-likeness (QED) is 0.733. The number of H-pyrrole nitrogens is 1. The van der Waals surface area contributed by atoms with Gasteiger partial charge >= 0.3 is 0 Å². The zero-order valence-corrected chi connectivity index (χ0v) is 11.7. The average Bonchev–Trinajstić information content (AvgIpc) is 2.80. The van der Waals surface area contributed by atoms with Crippen molar-refractivity contribution in [2.75, 3.05) is 43.9 Å². The van der Waals surface area contributed by atoms with Crippen LogP contribution in [0, 0.1) is 0 Å². The Labute approximate surface area is 118 Å². The molecule has 6 heteroatoms. The minimum atomic E-state index is 0.325. The van der Waals surface area contributed by atoms with Crippen molar-refractivity contribution in [3.05, 3.63) is 18.2 Å². The summed E-state index contributed by atoms with van der Waals surface area (Å²) in [4.78, 5) is 10.2. The summed E-state index contributed by atoms with van der Waals surface area (Å²) in [5, 5.41) is 3.41. The largest absolute Gasteiger partial charge is 0.399 e. The molecule has 1 atom stereocenters. The molecule has 1 fully saturated rings. The van der Waals surface area contributed by atoms with Gasteiger partial charge in [-0.05, 0) is 25.1 Å². The van der Waals surface area contributed by atoms with Crippen molar-refractivity contribution >= 4 is 22.7 Å². The molecule has 0 spiro atoms. The number of nitrogens with two attached hydrogens (primary N) is 1. The van der Waals surface area contributed by atoms with E-state index in [2.05, 4.69) is 27.1 Å². The van der Waals surface area contributed by atoms with Gasteiger partial charge in [-0.2, -0.15) is 0 Å². The number of imidazole rings is 1. The Balaban J connectivity index is 1.63. The van der Waals surface area contributed by atoms with Crippen LogP contribution >= 0.6 is 0 Å². The van der Waals surface area contributed by atoms with Crippen LogP contribution in [0.1, 0.15) is 6.92 Å². The Morgan fingerprint density at radius 1 is 1.45 bits per heavy atom. The first-order valence-corrected chi connectivity index (χ1v) is 7.02. The number of nitrogen functional groups attached to an aromatic ring is 1. The molecule has 0 aliphatic carbocycles. The molecule has 20 heavy (non-hydrogen) atoms. The van der Waals surface area contributed by atoms with E-state index in [4.69, 9.17) is 10.5 Å². The second-order valence-corrected chi connectivity index (χ2v) is 5.32. The standard InChI is InChI=1S/C14H21N5O/c1-10(9-19-4-6-20-7-5-19)16-14-17-12-3-2-11(15)8-13(12)18-14/h2-3,8,10H,4-7,9,15H2,1H3,(H2,16,17,18). The maximum Gasteiger partial charge on any atom is 0.201 e. The molecule has 2 aromatic rings. The zero-order chi connectivity index (χ0) is 13.9. The SMILES string of the molecule is CC(CN1CCOCC1)Nc1nc2ccc(N)cc2[nH]1. The van der Waals surface area contributed by atoms with Crippen LogP contribution in [-0.2, 0) is 4.74 Å². The Kier molecular flexibility index (Phi) is 3.75. The van der Waals surface area contributed by atoms with E-state index < -0.39 is 0 Å².